The van der Waals surface area contributed by atoms with Crippen molar-refractivity contribution in [3.8, 4) is 28.1 Å². The van der Waals surface area contributed by atoms with E-state index in [2.05, 4.69) is 26.0 Å². The Bertz CT molecular complexity index is 1080. The Balaban J connectivity index is 1.84. The molecule has 0 amide bonds. The van der Waals surface area contributed by atoms with Gasteiger partial charge in [0.1, 0.15) is 17.2 Å². The first kappa shape index (κ1) is 15.3. The van der Waals surface area contributed by atoms with Crippen molar-refractivity contribution in [1.82, 2.24) is 19.9 Å². The van der Waals surface area contributed by atoms with E-state index in [4.69, 9.17) is 0 Å². The zero-order valence-electron chi connectivity index (χ0n) is 14.3. The van der Waals surface area contributed by atoms with Crippen molar-refractivity contribution in [1.29, 1.82) is 0 Å². The van der Waals surface area contributed by atoms with Gasteiger partial charge in [0, 0.05) is 35.1 Å². The number of hydrogen-bond acceptors (Lipinski definition) is 4. The predicted molar refractivity (Wildman–Crippen MR) is 98.4 cm³/mol. The van der Waals surface area contributed by atoms with Crippen LogP contribution in [0.2, 0.25) is 0 Å². The number of pyridine rings is 1. The van der Waals surface area contributed by atoms with Gasteiger partial charge in [-0.3, -0.25) is 0 Å². The number of aryl methyl sites for hydroxylation is 2. The highest BCUT2D eigenvalue weighted by Crippen LogP contribution is 2.34. The molecule has 0 saturated heterocycles. The quantitative estimate of drug-likeness (QED) is 0.574. The molecular formula is C20H18N4O. The lowest BCUT2D eigenvalue weighted by Crippen LogP contribution is -1.90. The highest BCUT2D eigenvalue weighted by molar-refractivity contribution is 5.87. The molecule has 5 heteroatoms. The lowest BCUT2D eigenvalue weighted by atomic mass is 9.96. The molecule has 0 spiro atoms. The monoisotopic (exact) mass is 330 g/mol. The van der Waals surface area contributed by atoms with E-state index in [1.807, 2.05) is 39.1 Å². The topological polar surface area (TPSA) is 74.7 Å². The summed E-state index contributed by atoms with van der Waals surface area (Å²) >= 11 is 0. The number of aromatic nitrogens is 4. The Morgan fingerprint density at radius 1 is 0.880 bits per heavy atom. The van der Waals surface area contributed by atoms with Crippen LogP contribution in [0.25, 0.3) is 33.4 Å². The van der Waals surface area contributed by atoms with Crippen LogP contribution in [0.1, 0.15) is 17.0 Å². The average Bonchev–Trinajstić information content (AvgIpc) is 3.02. The molecule has 0 aliphatic heterocycles. The highest BCUT2D eigenvalue weighted by atomic mass is 16.3. The SMILES string of the molecule is Cc1ncc(-c2cc3cc(-c4c(C)ccc(O)c4C)cnc3[nH]2)cn1. The minimum atomic E-state index is 0.298. The van der Waals surface area contributed by atoms with Crippen LogP contribution in [-0.2, 0) is 0 Å². The predicted octanol–water partition coefficient (Wildman–Crippen LogP) is 4.32. The van der Waals surface area contributed by atoms with Crippen LogP contribution >= 0.6 is 0 Å². The van der Waals surface area contributed by atoms with Gasteiger partial charge in [-0.25, -0.2) is 15.0 Å². The third-order valence-corrected chi connectivity index (χ3v) is 4.50. The van der Waals surface area contributed by atoms with E-state index >= 15 is 0 Å². The molecule has 5 nitrogen and oxygen atoms in total. The fourth-order valence-corrected chi connectivity index (χ4v) is 3.12. The molecule has 25 heavy (non-hydrogen) atoms. The van der Waals surface area contributed by atoms with Crippen molar-refractivity contribution >= 4 is 11.0 Å². The maximum atomic E-state index is 10.0. The summed E-state index contributed by atoms with van der Waals surface area (Å²) in [5.74, 6) is 1.04. The number of aromatic amines is 1. The molecule has 3 heterocycles. The zero-order valence-corrected chi connectivity index (χ0v) is 14.3. The molecule has 1 aromatic carbocycles. The first-order valence-electron chi connectivity index (χ1n) is 8.10. The molecule has 2 N–H and O–H groups in total. The van der Waals surface area contributed by atoms with Crippen molar-refractivity contribution in [2.45, 2.75) is 20.8 Å². The van der Waals surface area contributed by atoms with E-state index < -0.39 is 0 Å². The molecule has 0 fully saturated rings. The number of benzene rings is 1. The summed E-state index contributed by atoms with van der Waals surface area (Å²) < 4.78 is 0. The smallest absolute Gasteiger partial charge is 0.137 e. The maximum Gasteiger partial charge on any atom is 0.137 e. The van der Waals surface area contributed by atoms with Crippen LogP contribution in [0.5, 0.6) is 5.75 Å². The van der Waals surface area contributed by atoms with Crippen LogP contribution < -0.4 is 0 Å². The molecular weight excluding hydrogens is 312 g/mol. The van der Waals surface area contributed by atoms with Gasteiger partial charge in [0.05, 0.1) is 5.69 Å². The average molecular weight is 330 g/mol. The number of H-pyrrole nitrogens is 1. The molecule has 0 aliphatic carbocycles. The van der Waals surface area contributed by atoms with E-state index in [1.54, 1.807) is 18.5 Å². The van der Waals surface area contributed by atoms with Crippen molar-refractivity contribution in [2.24, 2.45) is 0 Å². The molecule has 0 bridgehead atoms. The fourth-order valence-electron chi connectivity index (χ4n) is 3.12. The van der Waals surface area contributed by atoms with Crippen LogP contribution in [0.4, 0.5) is 0 Å². The van der Waals surface area contributed by atoms with Gasteiger partial charge in [0.2, 0.25) is 0 Å². The van der Waals surface area contributed by atoms with Crippen molar-refractivity contribution in [2.75, 3.05) is 0 Å². The normalized spacial score (nSPS) is 11.2. The van der Waals surface area contributed by atoms with Crippen LogP contribution in [0.3, 0.4) is 0 Å². The van der Waals surface area contributed by atoms with Gasteiger partial charge >= 0.3 is 0 Å². The minimum absolute atomic E-state index is 0.298. The molecule has 0 aliphatic rings. The summed E-state index contributed by atoms with van der Waals surface area (Å²) in [4.78, 5) is 16.4. The lowest BCUT2D eigenvalue weighted by molar-refractivity contribution is 0.471. The van der Waals surface area contributed by atoms with Gasteiger partial charge in [-0.2, -0.15) is 0 Å². The van der Waals surface area contributed by atoms with E-state index in [9.17, 15) is 5.11 Å². The molecule has 0 unspecified atom stereocenters. The largest absolute Gasteiger partial charge is 0.508 e. The van der Waals surface area contributed by atoms with Crippen LogP contribution in [0, 0.1) is 20.8 Å². The van der Waals surface area contributed by atoms with E-state index in [-0.39, 0.29) is 0 Å². The number of phenols is 1. The third kappa shape index (κ3) is 2.63. The zero-order chi connectivity index (χ0) is 17.6. The molecule has 0 saturated carbocycles. The summed E-state index contributed by atoms with van der Waals surface area (Å²) in [6.07, 6.45) is 5.44. The summed E-state index contributed by atoms with van der Waals surface area (Å²) in [6, 6.07) is 7.79. The number of nitrogens with one attached hydrogen (secondary N) is 1. The number of phenolic OH excluding ortho intramolecular Hbond substituents is 1. The molecule has 3 aromatic heterocycles. The first-order valence-corrected chi connectivity index (χ1v) is 8.10. The fraction of sp³-hybridized carbons (Fsp3) is 0.150. The Hall–Kier alpha value is -3.21. The number of hydrogen-bond donors (Lipinski definition) is 2. The van der Waals surface area contributed by atoms with Gasteiger partial charge in [-0.05, 0) is 55.7 Å². The second-order valence-corrected chi connectivity index (χ2v) is 6.27. The molecule has 4 aromatic rings. The second-order valence-electron chi connectivity index (χ2n) is 6.27. The molecule has 0 radical (unpaired) electrons. The van der Waals surface area contributed by atoms with E-state index in [1.165, 1.54) is 0 Å². The van der Waals surface area contributed by atoms with Gasteiger partial charge < -0.3 is 10.1 Å². The second kappa shape index (κ2) is 5.70. The van der Waals surface area contributed by atoms with Gasteiger partial charge in [0.25, 0.3) is 0 Å². The van der Waals surface area contributed by atoms with Gasteiger partial charge in [0.15, 0.2) is 0 Å². The Morgan fingerprint density at radius 3 is 2.36 bits per heavy atom. The summed E-state index contributed by atoms with van der Waals surface area (Å²) in [7, 11) is 0. The van der Waals surface area contributed by atoms with E-state index in [0.717, 1.165) is 50.4 Å². The number of rotatable bonds is 2. The Morgan fingerprint density at radius 2 is 1.60 bits per heavy atom. The number of fused-ring (bicyclic) bond motifs is 1. The Labute approximate surface area is 145 Å². The number of nitrogens with zero attached hydrogens (tertiary/aromatic N) is 3. The van der Waals surface area contributed by atoms with Crippen molar-refractivity contribution in [3.63, 3.8) is 0 Å². The van der Waals surface area contributed by atoms with Gasteiger partial charge in [-0.1, -0.05) is 6.07 Å². The third-order valence-electron chi connectivity index (χ3n) is 4.50. The minimum Gasteiger partial charge on any atom is -0.508 e. The van der Waals surface area contributed by atoms with Gasteiger partial charge in [-0.15, -0.1) is 0 Å². The summed E-state index contributed by atoms with van der Waals surface area (Å²) in [5.41, 5.74) is 6.66. The molecule has 0 atom stereocenters. The first-order chi connectivity index (χ1) is 12.0. The van der Waals surface area contributed by atoms with E-state index in [0.29, 0.717) is 5.75 Å². The number of aromatic hydroxyl groups is 1. The Kier molecular flexibility index (Phi) is 3.50. The standard InChI is InChI=1S/C20H18N4O/c1-11-4-5-18(25)12(2)19(11)15-6-14-7-17(24-20(14)23-8-15)16-9-21-13(3)22-10-16/h4-10,25H,1-3H3,(H,23,24). The molecule has 4 rings (SSSR count). The van der Waals surface area contributed by atoms with Crippen LogP contribution in [0.15, 0.2) is 42.9 Å². The van der Waals surface area contributed by atoms with Crippen molar-refractivity contribution in [3.05, 3.63) is 59.8 Å². The van der Waals surface area contributed by atoms with Crippen molar-refractivity contribution < 1.29 is 5.11 Å². The molecule has 124 valence electrons. The maximum absolute atomic E-state index is 10.0. The summed E-state index contributed by atoms with van der Waals surface area (Å²) in [6.45, 7) is 5.83. The summed E-state index contributed by atoms with van der Waals surface area (Å²) in [5, 5.41) is 11.0. The van der Waals surface area contributed by atoms with Crippen LogP contribution in [-0.4, -0.2) is 25.0 Å². The highest BCUT2D eigenvalue weighted by Gasteiger charge is 2.12. The lowest BCUT2D eigenvalue weighted by Gasteiger charge is -2.11.